The Morgan fingerprint density at radius 2 is 1.03 bits per heavy atom. The van der Waals surface area contributed by atoms with Crippen LogP contribution in [0.15, 0.2) is 167 Å². The van der Waals surface area contributed by atoms with Gasteiger partial charge in [-0.05, 0) is 187 Å². The van der Waals surface area contributed by atoms with Crippen molar-refractivity contribution in [3.8, 4) is 44.6 Å². The van der Waals surface area contributed by atoms with Crippen molar-refractivity contribution in [1.29, 1.82) is 0 Å². The summed E-state index contributed by atoms with van der Waals surface area (Å²) in [7, 11) is -2.80. The van der Waals surface area contributed by atoms with Crippen LogP contribution in [0.4, 0.5) is 8.63 Å². The van der Waals surface area contributed by atoms with Gasteiger partial charge >= 0.3 is 7.40 Å². The molecular formula is C64H63BF2N2. The van der Waals surface area contributed by atoms with Gasteiger partial charge in [-0.3, -0.25) is 8.63 Å². The summed E-state index contributed by atoms with van der Waals surface area (Å²) in [5.41, 5.74) is 27.3. The highest BCUT2D eigenvalue weighted by Crippen LogP contribution is 2.43. The molecule has 1 atom stereocenters. The summed E-state index contributed by atoms with van der Waals surface area (Å²) in [6.45, 7) is 23.7. The van der Waals surface area contributed by atoms with E-state index in [1.807, 2.05) is 18.2 Å². The third kappa shape index (κ3) is 9.12. The molecule has 0 fully saturated rings. The van der Waals surface area contributed by atoms with Gasteiger partial charge in [0.2, 0.25) is 0 Å². The highest BCUT2D eigenvalue weighted by Gasteiger charge is 2.32. The van der Waals surface area contributed by atoms with Gasteiger partial charge in [0.25, 0.3) is 0 Å². The zero-order chi connectivity index (χ0) is 48.8. The van der Waals surface area contributed by atoms with E-state index < -0.39 is 7.40 Å². The van der Waals surface area contributed by atoms with Crippen molar-refractivity contribution < 1.29 is 8.63 Å². The first kappa shape index (κ1) is 47.2. The van der Waals surface area contributed by atoms with Crippen LogP contribution in [0.25, 0.3) is 55.8 Å². The number of halogens is 2. The lowest BCUT2D eigenvalue weighted by molar-refractivity contribution is 0.629. The van der Waals surface area contributed by atoms with Crippen LogP contribution in [0.3, 0.4) is 0 Å². The predicted octanol–water partition coefficient (Wildman–Crippen LogP) is 17.7. The van der Waals surface area contributed by atoms with Crippen LogP contribution < -0.4 is 0 Å². The number of rotatable bonds is 11. The molecule has 0 amide bonds. The molecule has 2 nitrogen and oxygen atoms in total. The van der Waals surface area contributed by atoms with Crippen LogP contribution in [0.5, 0.6) is 0 Å². The van der Waals surface area contributed by atoms with E-state index in [9.17, 15) is 0 Å². The van der Waals surface area contributed by atoms with Crippen LogP contribution in [0, 0.1) is 47.5 Å². The summed E-state index contributed by atoms with van der Waals surface area (Å²) in [5, 5.41) is 0. The lowest BCUT2D eigenvalue weighted by Crippen LogP contribution is -2.18. The molecule has 69 heavy (non-hydrogen) atoms. The molecule has 0 saturated heterocycles. The Morgan fingerprint density at radius 3 is 1.51 bits per heavy atom. The Kier molecular flexibility index (Phi) is 13.2. The summed E-state index contributed by atoms with van der Waals surface area (Å²) in [5.74, 6) is 0.470. The molecule has 0 saturated carbocycles. The van der Waals surface area contributed by atoms with Gasteiger partial charge < -0.3 is 4.48 Å². The maximum Gasteiger partial charge on any atom is 0.678 e. The Balaban J connectivity index is 1.10. The number of aliphatic imine (C=N–C) groups is 1. The number of hydrogen-bond donors (Lipinski definition) is 0. The molecule has 9 rings (SSSR count). The molecule has 1 aliphatic heterocycles. The zero-order valence-electron chi connectivity index (χ0n) is 42.2. The normalized spacial score (nSPS) is 15.6. The standard InChI is InChI=1S/C64H63BF2N2/c1-12-47-36-57(68-63(47)55-26-18-51(19-27-55)49-14-22-53(23-15-49)59-41(6)30-38(3)31-42(59)7)62(61-45(10)34-40(5)35-46(61)11)58-37-48(13-2)64(69(58)65(66)67)56-28-20-52(21-29-56)50-16-24-54(25-17-50)60-43(8)32-39(4)33-44(60)9/h14-32,34-37,44H,12-13,33H2,1-11H3/b62-57+. The van der Waals surface area contributed by atoms with Gasteiger partial charge in [-0.2, -0.15) is 0 Å². The van der Waals surface area contributed by atoms with Crippen molar-refractivity contribution in [2.45, 2.75) is 95.4 Å². The number of hydrogen-bond acceptors (Lipinski definition) is 1. The highest BCUT2D eigenvalue weighted by molar-refractivity contribution is 6.42. The Bertz CT molecular complexity index is 3230. The lowest BCUT2D eigenvalue weighted by Gasteiger charge is -2.24. The van der Waals surface area contributed by atoms with Gasteiger partial charge in [0.05, 0.1) is 11.4 Å². The molecule has 1 aliphatic carbocycles. The molecule has 6 aromatic carbocycles. The van der Waals surface area contributed by atoms with Crippen molar-refractivity contribution in [2.75, 3.05) is 0 Å². The first-order valence-electron chi connectivity index (χ1n) is 24.7. The molecule has 7 aromatic rings. The fourth-order valence-electron chi connectivity index (χ4n) is 11.6. The second-order valence-electron chi connectivity index (χ2n) is 19.7. The van der Waals surface area contributed by atoms with E-state index in [0.717, 1.165) is 90.9 Å². The number of aryl methyl sites for hydroxylation is 7. The maximum atomic E-state index is 16.1. The van der Waals surface area contributed by atoms with Gasteiger partial charge in [0, 0.05) is 22.5 Å². The number of benzene rings is 6. The quantitative estimate of drug-likeness (QED) is 0.115. The Labute approximate surface area is 409 Å². The van der Waals surface area contributed by atoms with E-state index in [-0.39, 0.29) is 0 Å². The first-order valence-corrected chi connectivity index (χ1v) is 24.7. The van der Waals surface area contributed by atoms with Crippen molar-refractivity contribution >= 4 is 24.3 Å². The van der Waals surface area contributed by atoms with E-state index in [4.69, 9.17) is 4.99 Å². The third-order valence-corrected chi connectivity index (χ3v) is 14.4. The fraction of sp³-hybridized carbons (Fsp3) is 0.234. The molecule has 0 radical (unpaired) electrons. The number of nitrogens with zero attached hydrogens (tertiary/aromatic N) is 2. The lowest BCUT2D eigenvalue weighted by atomic mass is 9.81. The maximum absolute atomic E-state index is 16.1. The van der Waals surface area contributed by atoms with E-state index in [0.29, 0.717) is 29.4 Å². The smallest absolute Gasteiger partial charge is 0.324 e. The summed E-state index contributed by atoms with van der Waals surface area (Å²) >= 11 is 0. The second-order valence-corrected chi connectivity index (χ2v) is 19.7. The van der Waals surface area contributed by atoms with Crippen molar-refractivity contribution in [3.63, 3.8) is 0 Å². The van der Waals surface area contributed by atoms with E-state index in [2.05, 4.69) is 198 Å². The van der Waals surface area contributed by atoms with Gasteiger partial charge in [0.15, 0.2) is 0 Å². The van der Waals surface area contributed by atoms with Gasteiger partial charge in [-0.1, -0.05) is 165 Å². The molecule has 0 N–H and O–H groups in total. The van der Waals surface area contributed by atoms with E-state index in [1.54, 1.807) is 0 Å². The summed E-state index contributed by atoms with van der Waals surface area (Å²) in [4.78, 5) is 5.41. The minimum Gasteiger partial charge on any atom is -0.324 e. The Hall–Kier alpha value is -6.85. The number of aromatic nitrogens is 1. The largest absolute Gasteiger partial charge is 0.678 e. The summed E-state index contributed by atoms with van der Waals surface area (Å²) in [6, 6.07) is 45.2. The Morgan fingerprint density at radius 1 is 0.565 bits per heavy atom. The minimum atomic E-state index is -2.80. The van der Waals surface area contributed by atoms with Gasteiger partial charge in [-0.15, -0.1) is 0 Å². The SMILES string of the molecule is CCC1=C/C(=C(\c2c(C)cc(C)cc2C)c2cc(CC)c(-c3ccc(-c4ccc(C5=C(C)C=C(C)CC5C)cc4)cc3)n2B(F)F)N=C1c1ccc(-c2ccc(-c3c(C)cc(C)cc3C)cc2)cc1. The van der Waals surface area contributed by atoms with Crippen LogP contribution in [-0.2, 0) is 6.42 Å². The highest BCUT2D eigenvalue weighted by atomic mass is 19.2. The summed E-state index contributed by atoms with van der Waals surface area (Å²) < 4.78 is 33.4. The summed E-state index contributed by atoms with van der Waals surface area (Å²) in [6.07, 6.45) is 6.84. The molecule has 1 unspecified atom stereocenters. The molecule has 2 heterocycles. The van der Waals surface area contributed by atoms with Crippen LogP contribution in [0.1, 0.15) is 109 Å². The third-order valence-electron chi connectivity index (χ3n) is 14.4. The van der Waals surface area contributed by atoms with Crippen molar-refractivity contribution in [3.05, 3.63) is 223 Å². The molecular weight excluding hydrogens is 846 g/mol. The van der Waals surface area contributed by atoms with Crippen LogP contribution in [-0.4, -0.2) is 17.6 Å². The van der Waals surface area contributed by atoms with Crippen molar-refractivity contribution in [2.24, 2.45) is 10.9 Å². The average molecular weight is 909 g/mol. The predicted molar refractivity (Wildman–Crippen MR) is 291 cm³/mol. The molecule has 2 aliphatic rings. The fourth-order valence-corrected chi connectivity index (χ4v) is 11.6. The average Bonchev–Trinajstić information content (AvgIpc) is 3.92. The first-order chi connectivity index (χ1) is 33.1. The molecule has 0 spiro atoms. The van der Waals surface area contributed by atoms with Crippen molar-refractivity contribution in [1.82, 2.24) is 4.48 Å². The molecule has 0 bridgehead atoms. The monoisotopic (exact) mass is 909 g/mol. The number of allylic oxidation sites excluding steroid dienone is 6. The van der Waals surface area contributed by atoms with Gasteiger partial charge in [0.1, 0.15) is 0 Å². The van der Waals surface area contributed by atoms with E-state index >= 15 is 8.63 Å². The topological polar surface area (TPSA) is 17.3 Å². The molecule has 5 heteroatoms. The van der Waals surface area contributed by atoms with Gasteiger partial charge in [-0.25, -0.2) is 4.99 Å². The second kappa shape index (κ2) is 19.3. The van der Waals surface area contributed by atoms with Crippen LogP contribution in [0.2, 0.25) is 0 Å². The van der Waals surface area contributed by atoms with Crippen LogP contribution >= 0.6 is 0 Å². The molecule has 1 aromatic heterocycles. The molecule has 346 valence electrons. The zero-order valence-corrected chi connectivity index (χ0v) is 42.2. The minimum absolute atomic E-state index is 0.470. The van der Waals surface area contributed by atoms with E-state index in [1.165, 1.54) is 54.6 Å².